The molecule has 1 aliphatic carbocycles. The predicted octanol–water partition coefficient (Wildman–Crippen LogP) is 1.69. The summed E-state index contributed by atoms with van der Waals surface area (Å²) in [6.45, 7) is 5.25. The molecule has 0 atom stereocenters. The lowest BCUT2D eigenvalue weighted by atomic mass is 9.85. The maximum absolute atomic E-state index is 9.19. The first kappa shape index (κ1) is 10.6. The van der Waals surface area contributed by atoms with Gasteiger partial charge in [-0.1, -0.05) is 20.3 Å². The summed E-state index contributed by atoms with van der Waals surface area (Å²) in [5, 5.41) is 17.5. The number of hydrogen-bond acceptors (Lipinski definition) is 3. The van der Waals surface area contributed by atoms with Crippen molar-refractivity contribution in [2.75, 3.05) is 0 Å². The Morgan fingerprint density at radius 2 is 2.13 bits per heavy atom. The van der Waals surface area contributed by atoms with Gasteiger partial charge in [0.15, 0.2) is 5.82 Å². The van der Waals surface area contributed by atoms with E-state index < -0.39 is 0 Å². The Morgan fingerprint density at radius 1 is 1.40 bits per heavy atom. The van der Waals surface area contributed by atoms with Crippen LogP contribution >= 0.6 is 0 Å². The van der Waals surface area contributed by atoms with E-state index in [4.69, 9.17) is 0 Å². The Bertz CT molecular complexity index is 329. The largest absolute Gasteiger partial charge is 0.388 e. The van der Waals surface area contributed by atoms with Gasteiger partial charge < -0.3 is 9.67 Å². The van der Waals surface area contributed by atoms with E-state index in [-0.39, 0.29) is 6.61 Å². The van der Waals surface area contributed by atoms with Gasteiger partial charge in [0.05, 0.1) is 0 Å². The van der Waals surface area contributed by atoms with Crippen LogP contribution in [0.2, 0.25) is 0 Å². The van der Waals surface area contributed by atoms with E-state index in [1.165, 1.54) is 19.3 Å². The number of nitrogens with zero attached hydrogens (tertiary/aromatic N) is 3. The molecule has 1 aromatic rings. The van der Waals surface area contributed by atoms with E-state index in [1.807, 2.05) is 0 Å². The average molecular weight is 209 g/mol. The Labute approximate surface area is 90.3 Å². The van der Waals surface area contributed by atoms with Gasteiger partial charge in [0.2, 0.25) is 0 Å². The topological polar surface area (TPSA) is 50.9 Å². The van der Waals surface area contributed by atoms with Crippen molar-refractivity contribution < 1.29 is 5.11 Å². The second-order valence-corrected chi connectivity index (χ2v) is 4.76. The molecule has 0 bridgehead atoms. The van der Waals surface area contributed by atoms with Crippen LogP contribution in [0.5, 0.6) is 0 Å². The van der Waals surface area contributed by atoms with Crippen LogP contribution in [0.4, 0.5) is 0 Å². The summed E-state index contributed by atoms with van der Waals surface area (Å²) in [5.74, 6) is 2.94. The van der Waals surface area contributed by atoms with Crippen LogP contribution < -0.4 is 0 Å². The van der Waals surface area contributed by atoms with Crippen LogP contribution in [0.3, 0.4) is 0 Å². The molecule has 4 nitrogen and oxygen atoms in total. The SMILES string of the molecule is CC(C)Cn1c(CO)nnc1C1CCC1. The molecule has 4 heteroatoms. The highest BCUT2D eigenvalue weighted by Gasteiger charge is 2.26. The maximum Gasteiger partial charge on any atom is 0.158 e. The maximum atomic E-state index is 9.19. The molecule has 0 aliphatic heterocycles. The first-order chi connectivity index (χ1) is 7.22. The standard InChI is InChI=1S/C11H19N3O/c1-8(2)6-14-10(7-15)12-13-11(14)9-4-3-5-9/h8-9,15H,3-7H2,1-2H3. The van der Waals surface area contributed by atoms with Crippen LogP contribution in [0, 0.1) is 5.92 Å². The zero-order chi connectivity index (χ0) is 10.8. The lowest BCUT2D eigenvalue weighted by Gasteiger charge is -2.25. The second kappa shape index (κ2) is 4.31. The first-order valence-electron chi connectivity index (χ1n) is 5.75. The molecule has 1 heterocycles. The molecule has 1 aliphatic rings. The van der Waals surface area contributed by atoms with Gasteiger partial charge in [-0.3, -0.25) is 0 Å². The number of aromatic nitrogens is 3. The molecule has 0 saturated heterocycles. The molecule has 1 aromatic heterocycles. The molecule has 0 amide bonds. The summed E-state index contributed by atoms with van der Waals surface area (Å²) in [6.07, 6.45) is 3.75. The fraction of sp³-hybridized carbons (Fsp3) is 0.818. The highest BCUT2D eigenvalue weighted by Crippen LogP contribution is 2.35. The van der Waals surface area contributed by atoms with E-state index in [9.17, 15) is 5.11 Å². The van der Waals surface area contributed by atoms with Crippen LogP contribution in [0.25, 0.3) is 0 Å². The molecule has 1 fully saturated rings. The average Bonchev–Trinajstić information content (AvgIpc) is 2.45. The minimum absolute atomic E-state index is 0.00750. The second-order valence-electron chi connectivity index (χ2n) is 4.76. The van der Waals surface area contributed by atoms with Gasteiger partial charge in [0.25, 0.3) is 0 Å². The summed E-state index contributed by atoms with van der Waals surface area (Å²) in [6, 6.07) is 0. The third-order valence-corrected chi connectivity index (χ3v) is 3.02. The number of aliphatic hydroxyl groups excluding tert-OH is 1. The molecule has 0 radical (unpaired) electrons. The molecule has 84 valence electrons. The Morgan fingerprint density at radius 3 is 2.60 bits per heavy atom. The Hall–Kier alpha value is -0.900. The van der Waals surface area contributed by atoms with E-state index in [1.54, 1.807) is 0 Å². The van der Waals surface area contributed by atoms with Crippen molar-refractivity contribution in [3.05, 3.63) is 11.6 Å². The molecule has 0 unspecified atom stereocenters. The molecular weight excluding hydrogens is 190 g/mol. The third-order valence-electron chi connectivity index (χ3n) is 3.02. The van der Waals surface area contributed by atoms with E-state index in [2.05, 4.69) is 28.6 Å². The van der Waals surface area contributed by atoms with Gasteiger partial charge in [-0.15, -0.1) is 10.2 Å². The van der Waals surface area contributed by atoms with Gasteiger partial charge in [0, 0.05) is 12.5 Å². The molecule has 1 saturated carbocycles. The molecule has 1 N–H and O–H groups in total. The van der Waals surface area contributed by atoms with Crippen LogP contribution in [0.15, 0.2) is 0 Å². The van der Waals surface area contributed by atoms with Gasteiger partial charge in [-0.05, 0) is 18.8 Å². The van der Waals surface area contributed by atoms with Crippen molar-refractivity contribution in [2.24, 2.45) is 5.92 Å². The molecule has 0 aromatic carbocycles. The molecule has 2 rings (SSSR count). The minimum atomic E-state index is -0.00750. The fourth-order valence-corrected chi connectivity index (χ4v) is 2.00. The zero-order valence-corrected chi connectivity index (χ0v) is 9.48. The predicted molar refractivity (Wildman–Crippen MR) is 57.4 cm³/mol. The molecule has 15 heavy (non-hydrogen) atoms. The van der Waals surface area contributed by atoms with Gasteiger partial charge in [0.1, 0.15) is 12.4 Å². The normalized spacial score (nSPS) is 17.1. The van der Waals surface area contributed by atoms with Crippen molar-refractivity contribution in [3.63, 3.8) is 0 Å². The minimum Gasteiger partial charge on any atom is -0.388 e. The van der Waals surface area contributed by atoms with Gasteiger partial charge >= 0.3 is 0 Å². The summed E-state index contributed by atoms with van der Waals surface area (Å²) in [4.78, 5) is 0. The van der Waals surface area contributed by atoms with E-state index >= 15 is 0 Å². The fourth-order valence-electron chi connectivity index (χ4n) is 2.00. The zero-order valence-electron chi connectivity index (χ0n) is 9.48. The number of aliphatic hydroxyl groups is 1. The van der Waals surface area contributed by atoms with Gasteiger partial charge in [-0.25, -0.2) is 0 Å². The monoisotopic (exact) mass is 209 g/mol. The van der Waals surface area contributed by atoms with Gasteiger partial charge in [-0.2, -0.15) is 0 Å². The smallest absolute Gasteiger partial charge is 0.158 e. The highest BCUT2D eigenvalue weighted by molar-refractivity contribution is 5.05. The summed E-state index contributed by atoms with van der Waals surface area (Å²) >= 11 is 0. The Balaban J connectivity index is 2.23. The van der Waals surface area contributed by atoms with Crippen molar-refractivity contribution in [2.45, 2.75) is 52.2 Å². The van der Waals surface area contributed by atoms with Crippen molar-refractivity contribution in [1.82, 2.24) is 14.8 Å². The quantitative estimate of drug-likeness (QED) is 0.821. The van der Waals surface area contributed by atoms with E-state index in [0.29, 0.717) is 17.7 Å². The van der Waals surface area contributed by atoms with Crippen molar-refractivity contribution in [3.8, 4) is 0 Å². The highest BCUT2D eigenvalue weighted by atomic mass is 16.3. The van der Waals surface area contributed by atoms with Crippen molar-refractivity contribution >= 4 is 0 Å². The number of rotatable bonds is 4. The molecule has 0 spiro atoms. The van der Waals surface area contributed by atoms with Crippen molar-refractivity contribution in [1.29, 1.82) is 0 Å². The molecular formula is C11H19N3O. The first-order valence-corrected chi connectivity index (χ1v) is 5.75. The Kier molecular flexibility index (Phi) is 3.05. The lowest BCUT2D eigenvalue weighted by Crippen LogP contribution is -2.18. The summed E-state index contributed by atoms with van der Waals surface area (Å²) in [7, 11) is 0. The van der Waals surface area contributed by atoms with Crippen LogP contribution in [-0.4, -0.2) is 19.9 Å². The lowest BCUT2D eigenvalue weighted by molar-refractivity contribution is 0.260. The third kappa shape index (κ3) is 2.04. The van der Waals surface area contributed by atoms with E-state index in [0.717, 1.165) is 12.4 Å². The summed E-state index contributed by atoms with van der Waals surface area (Å²) < 4.78 is 2.11. The summed E-state index contributed by atoms with van der Waals surface area (Å²) in [5.41, 5.74) is 0. The van der Waals surface area contributed by atoms with Crippen LogP contribution in [-0.2, 0) is 13.2 Å². The number of hydrogen-bond donors (Lipinski definition) is 1. The van der Waals surface area contributed by atoms with Crippen LogP contribution in [0.1, 0.15) is 50.7 Å².